The number of aliphatic carboxylic acids is 1. The van der Waals surface area contributed by atoms with Gasteiger partial charge in [-0.2, -0.15) is 0 Å². The molecule has 4 heteroatoms. The lowest BCUT2D eigenvalue weighted by atomic mass is 9.89. The third-order valence-corrected chi connectivity index (χ3v) is 3.04. The lowest BCUT2D eigenvalue weighted by Gasteiger charge is -2.16. The largest absolute Gasteiger partial charge is 0.481 e. The molecule has 15 heavy (non-hydrogen) atoms. The molecule has 1 aliphatic rings. The number of hydrogen-bond acceptors (Lipinski definition) is 2. The van der Waals surface area contributed by atoms with E-state index in [1.165, 1.54) is 6.20 Å². The molecule has 0 radical (unpaired) electrons. The second-order valence-electron chi connectivity index (χ2n) is 3.88. The highest BCUT2D eigenvalue weighted by Gasteiger charge is 2.35. The Morgan fingerprint density at radius 1 is 1.53 bits per heavy atom. The fourth-order valence-electron chi connectivity index (χ4n) is 2.31. The van der Waals surface area contributed by atoms with Crippen LogP contribution in [0.2, 0.25) is 0 Å². The molecule has 80 valence electrons. The quantitative estimate of drug-likeness (QED) is 0.812. The maximum absolute atomic E-state index is 13.4. The highest BCUT2D eigenvalue weighted by molar-refractivity contribution is 5.71. The Labute approximate surface area is 87.0 Å². The number of aromatic nitrogens is 1. The Bertz CT molecular complexity index is 381. The van der Waals surface area contributed by atoms with E-state index in [1.807, 2.05) is 0 Å². The van der Waals surface area contributed by atoms with Crippen LogP contribution in [0, 0.1) is 11.7 Å². The zero-order valence-corrected chi connectivity index (χ0v) is 8.19. The van der Waals surface area contributed by atoms with Gasteiger partial charge in [-0.05, 0) is 24.5 Å². The monoisotopic (exact) mass is 209 g/mol. The second-order valence-corrected chi connectivity index (χ2v) is 3.88. The molecule has 1 N–H and O–H groups in total. The number of carboxylic acid groups (broad SMARTS) is 1. The first-order chi connectivity index (χ1) is 7.20. The van der Waals surface area contributed by atoms with E-state index < -0.39 is 17.7 Å². The summed E-state index contributed by atoms with van der Waals surface area (Å²) in [5, 5.41) is 9.00. The minimum absolute atomic E-state index is 0.189. The van der Waals surface area contributed by atoms with Gasteiger partial charge >= 0.3 is 5.97 Å². The molecular weight excluding hydrogens is 197 g/mol. The molecule has 3 nitrogen and oxygen atoms in total. The highest BCUT2D eigenvalue weighted by atomic mass is 19.1. The maximum Gasteiger partial charge on any atom is 0.307 e. The fraction of sp³-hybridized carbons (Fsp3) is 0.455. The van der Waals surface area contributed by atoms with Gasteiger partial charge in [-0.25, -0.2) is 4.39 Å². The van der Waals surface area contributed by atoms with Crippen LogP contribution in [-0.2, 0) is 4.79 Å². The van der Waals surface area contributed by atoms with Gasteiger partial charge < -0.3 is 5.11 Å². The molecule has 2 rings (SSSR count). The van der Waals surface area contributed by atoms with Crippen LogP contribution in [0.15, 0.2) is 18.5 Å². The SMILES string of the molecule is O=C(O)C1CCCC1c1ccncc1F. The number of carboxylic acids is 1. The van der Waals surface area contributed by atoms with Crippen molar-refractivity contribution in [3.63, 3.8) is 0 Å². The van der Waals surface area contributed by atoms with Gasteiger partial charge in [-0.15, -0.1) is 0 Å². The van der Waals surface area contributed by atoms with Crippen LogP contribution in [0.25, 0.3) is 0 Å². The summed E-state index contributed by atoms with van der Waals surface area (Å²) in [6, 6.07) is 1.58. The maximum atomic E-state index is 13.4. The Morgan fingerprint density at radius 3 is 3.00 bits per heavy atom. The fourth-order valence-corrected chi connectivity index (χ4v) is 2.31. The van der Waals surface area contributed by atoms with Crippen molar-refractivity contribution < 1.29 is 14.3 Å². The number of carbonyl (C=O) groups is 1. The van der Waals surface area contributed by atoms with Crippen LogP contribution in [0.1, 0.15) is 30.7 Å². The molecule has 1 heterocycles. The molecule has 2 unspecified atom stereocenters. The predicted molar refractivity (Wildman–Crippen MR) is 51.9 cm³/mol. The smallest absolute Gasteiger partial charge is 0.307 e. The minimum atomic E-state index is -0.825. The average Bonchev–Trinajstić information content (AvgIpc) is 2.67. The Morgan fingerprint density at radius 2 is 2.33 bits per heavy atom. The summed E-state index contributed by atoms with van der Waals surface area (Å²) in [7, 11) is 0. The molecule has 1 aromatic heterocycles. The molecule has 0 amide bonds. The highest BCUT2D eigenvalue weighted by Crippen LogP contribution is 2.40. The summed E-state index contributed by atoms with van der Waals surface area (Å²) in [5.41, 5.74) is 0.495. The standard InChI is InChI=1S/C11H12FNO2/c12-10-6-13-5-4-8(10)7-2-1-3-9(7)11(14)15/h4-7,9H,1-3H2,(H,14,15). The van der Waals surface area contributed by atoms with Crippen LogP contribution >= 0.6 is 0 Å². The van der Waals surface area contributed by atoms with Crippen molar-refractivity contribution in [3.8, 4) is 0 Å². The van der Waals surface area contributed by atoms with Crippen LogP contribution in [0.4, 0.5) is 4.39 Å². The first-order valence-corrected chi connectivity index (χ1v) is 5.02. The lowest BCUT2D eigenvalue weighted by Crippen LogP contribution is -2.17. The van der Waals surface area contributed by atoms with Crippen LogP contribution < -0.4 is 0 Å². The second kappa shape index (κ2) is 3.96. The van der Waals surface area contributed by atoms with Gasteiger partial charge in [0.2, 0.25) is 0 Å². The number of pyridine rings is 1. The van der Waals surface area contributed by atoms with Crippen molar-refractivity contribution in [1.29, 1.82) is 0 Å². The average molecular weight is 209 g/mol. The Kier molecular flexibility index (Phi) is 2.66. The molecule has 1 saturated carbocycles. The first-order valence-electron chi connectivity index (χ1n) is 5.02. The van der Waals surface area contributed by atoms with Gasteiger partial charge in [0.1, 0.15) is 5.82 Å². The number of hydrogen-bond donors (Lipinski definition) is 1. The van der Waals surface area contributed by atoms with Crippen molar-refractivity contribution in [1.82, 2.24) is 4.98 Å². The summed E-state index contributed by atoms with van der Waals surface area (Å²) in [4.78, 5) is 14.6. The molecule has 0 spiro atoms. The van der Waals surface area contributed by atoms with E-state index in [2.05, 4.69) is 4.98 Å². The van der Waals surface area contributed by atoms with E-state index in [0.717, 1.165) is 19.0 Å². The van der Waals surface area contributed by atoms with Crippen molar-refractivity contribution in [2.45, 2.75) is 25.2 Å². The van der Waals surface area contributed by atoms with Crippen molar-refractivity contribution in [2.75, 3.05) is 0 Å². The Balaban J connectivity index is 2.30. The summed E-state index contributed by atoms with van der Waals surface area (Å²) in [6.07, 6.45) is 4.89. The van der Waals surface area contributed by atoms with Gasteiger partial charge in [0.05, 0.1) is 12.1 Å². The molecule has 1 fully saturated rings. The van der Waals surface area contributed by atoms with Gasteiger partial charge in [-0.3, -0.25) is 9.78 Å². The van der Waals surface area contributed by atoms with Gasteiger partial charge in [0.15, 0.2) is 0 Å². The molecule has 0 saturated heterocycles. The zero-order chi connectivity index (χ0) is 10.8. The predicted octanol–water partition coefficient (Wildman–Crippen LogP) is 2.19. The summed E-state index contributed by atoms with van der Waals surface area (Å²) >= 11 is 0. The molecule has 1 aliphatic carbocycles. The third kappa shape index (κ3) is 1.84. The molecule has 0 aromatic carbocycles. The molecule has 0 aliphatic heterocycles. The van der Waals surface area contributed by atoms with Gasteiger partial charge in [0, 0.05) is 12.1 Å². The summed E-state index contributed by atoms with van der Waals surface area (Å²) in [5.74, 6) is -1.85. The van der Waals surface area contributed by atoms with Crippen molar-refractivity contribution in [2.24, 2.45) is 5.92 Å². The topological polar surface area (TPSA) is 50.2 Å². The van der Waals surface area contributed by atoms with Crippen molar-refractivity contribution in [3.05, 3.63) is 29.8 Å². The molecule has 2 atom stereocenters. The number of nitrogens with zero attached hydrogens (tertiary/aromatic N) is 1. The molecular formula is C11H12FNO2. The zero-order valence-electron chi connectivity index (χ0n) is 8.19. The third-order valence-electron chi connectivity index (χ3n) is 3.04. The van der Waals surface area contributed by atoms with E-state index in [0.29, 0.717) is 12.0 Å². The van der Waals surface area contributed by atoms with Crippen LogP contribution in [0.3, 0.4) is 0 Å². The molecule has 0 bridgehead atoms. The van der Waals surface area contributed by atoms with E-state index >= 15 is 0 Å². The first kappa shape index (κ1) is 10.1. The molecule has 1 aromatic rings. The normalized spacial score (nSPS) is 25.4. The van der Waals surface area contributed by atoms with Gasteiger partial charge in [-0.1, -0.05) is 6.42 Å². The number of rotatable bonds is 2. The van der Waals surface area contributed by atoms with Gasteiger partial charge in [0.25, 0.3) is 0 Å². The van der Waals surface area contributed by atoms with E-state index in [1.54, 1.807) is 6.07 Å². The minimum Gasteiger partial charge on any atom is -0.481 e. The van der Waals surface area contributed by atoms with E-state index in [4.69, 9.17) is 5.11 Å². The summed E-state index contributed by atoms with van der Waals surface area (Å²) < 4.78 is 13.4. The van der Waals surface area contributed by atoms with E-state index in [-0.39, 0.29) is 5.92 Å². The van der Waals surface area contributed by atoms with Crippen molar-refractivity contribution >= 4 is 5.97 Å². The lowest BCUT2D eigenvalue weighted by molar-refractivity contribution is -0.142. The van der Waals surface area contributed by atoms with Crippen LogP contribution in [0.5, 0.6) is 0 Å². The number of halogens is 1. The summed E-state index contributed by atoms with van der Waals surface area (Å²) in [6.45, 7) is 0. The van der Waals surface area contributed by atoms with Crippen LogP contribution in [-0.4, -0.2) is 16.1 Å². The Hall–Kier alpha value is -1.45. The van der Waals surface area contributed by atoms with E-state index in [9.17, 15) is 9.18 Å².